The van der Waals surface area contributed by atoms with E-state index in [-0.39, 0.29) is 21.7 Å². The minimum atomic E-state index is -3.43. The lowest BCUT2D eigenvalue weighted by Gasteiger charge is -2.10. The molecule has 2 amide bonds. The number of benzene rings is 1. The molecule has 0 aromatic heterocycles. The Morgan fingerprint density at radius 3 is 2.56 bits per heavy atom. The third-order valence-electron chi connectivity index (χ3n) is 1.43. The fraction of sp³-hybridized carbons (Fsp3) is 0.125. The first-order valence-corrected chi connectivity index (χ1v) is 5.47. The van der Waals surface area contributed by atoms with Crippen LogP contribution in [0.15, 0.2) is 23.1 Å². The van der Waals surface area contributed by atoms with Gasteiger partial charge >= 0.3 is 10.7 Å². The number of hydrogen-bond donors (Lipinski definition) is 2. The molecule has 88 valence electrons. The van der Waals surface area contributed by atoms with Gasteiger partial charge in [0, 0.05) is 10.6 Å². The summed E-state index contributed by atoms with van der Waals surface area (Å²) in [6.45, 7) is 0. The molecule has 1 aromatic rings. The predicted molar refractivity (Wildman–Crippen MR) is 61.3 cm³/mol. The molecule has 1 aromatic carbocycles. The molecule has 1 rings (SSSR count). The monoisotopic (exact) mass is 286 g/mol. The first kappa shape index (κ1) is 13.3. The molecule has 0 radical (unpaired) electrons. The molecule has 0 heterocycles. The first-order chi connectivity index (χ1) is 7.28. The van der Waals surface area contributed by atoms with Crippen LogP contribution in [0, 0.1) is 0 Å². The van der Waals surface area contributed by atoms with E-state index >= 15 is 0 Å². The van der Waals surface area contributed by atoms with Crippen LogP contribution < -0.4 is 11.1 Å². The van der Waals surface area contributed by atoms with E-state index in [0.29, 0.717) is 5.69 Å². The number of carbonyl (C=O) groups is 1. The number of alkyl halides is 3. The maximum Gasteiger partial charge on any atom is 0.375 e. The number of amides is 2. The zero-order chi connectivity index (χ0) is 12.3. The molecule has 0 saturated heterocycles. The Hall–Kier alpha value is -0.720. The third-order valence-corrected chi connectivity index (χ3v) is 2.89. The van der Waals surface area contributed by atoms with E-state index in [2.05, 4.69) is 5.32 Å². The summed E-state index contributed by atoms with van der Waals surface area (Å²) in [4.78, 5) is 10.6. The minimum Gasteiger partial charge on any atom is -0.351 e. The van der Waals surface area contributed by atoms with E-state index in [1.165, 1.54) is 18.2 Å². The second-order valence-corrected chi connectivity index (χ2v) is 4.94. The Kier molecular flexibility index (Phi) is 4.23. The number of nitrogens with one attached hydrogen (secondary N) is 1. The molecule has 0 aliphatic carbocycles. The molecule has 3 N–H and O–H groups in total. The number of rotatable bonds is 3. The van der Waals surface area contributed by atoms with Crippen molar-refractivity contribution in [2.75, 3.05) is 5.32 Å². The number of halogens is 4. The summed E-state index contributed by atoms with van der Waals surface area (Å²) in [5.74, 6) is 0. The van der Waals surface area contributed by atoms with Crippen LogP contribution in [0.2, 0.25) is 5.02 Å². The molecule has 0 atom stereocenters. The van der Waals surface area contributed by atoms with Gasteiger partial charge in [-0.15, -0.1) is 0 Å². The number of nitrogens with two attached hydrogens (primary N) is 1. The average Bonchev–Trinajstić information content (AvgIpc) is 2.06. The van der Waals surface area contributed by atoms with Gasteiger partial charge in [0.2, 0.25) is 0 Å². The van der Waals surface area contributed by atoms with Gasteiger partial charge in [0.25, 0.3) is 0 Å². The van der Waals surface area contributed by atoms with Crippen molar-refractivity contribution in [2.24, 2.45) is 5.73 Å². The van der Waals surface area contributed by atoms with Crippen molar-refractivity contribution in [1.29, 1.82) is 0 Å². The molecule has 0 saturated carbocycles. The Morgan fingerprint density at radius 2 is 2.12 bits per heavy atom. The highest BCUT2D eigenvalue weighted by molar-refractivity contribution is 8.01. The van der Waals surface area contributed by atoms with Crippen molar-refractivity contribution in [1.82, 2.24) is 0 Å². The van der Waals surface area contributed by atoms with Gasteiger partial charge in [0.15, 0.2) is 0 Å². The second kappa shape index (κ2) is 5.07. The van der Waals surface area contributed by atoms with E-state index in [1.54, 1.807) is 0 Å². The first-order valence-electron chi connectivity index (χ1n) is 3.90. The summed E-state index contributed by atoms with van der Waals surface area (Å²) >= 11 is 10.6. The number of hydrogen-bond acceptors (Lipinski definition) is 2. The topological polar surface area (TPSA) is 55.1 Å². The van der Waals surface area contributed by atoms with E-state index in [9.17, 15) is 13.6 Å². The molecule has 0 aliphatic rings. The standard InChI is InChI=1S/C8H6Cl2F2N2OS/c9-5-3-4(14-7(13)15)1-2-6(5)16-8(10,11)12/h1-3H,(H3,13,14,15). The lowest BCUT2D eigenvalue weighted by molar-refractivity contribution is 0.203. The van der Waals surface area contributed by atoms with Crippen molar-refractivity contribution in [3.8, 4) is 0 Å². The summed E-state index contributed by atoms with van der Waals surface area (Å²) < 4.78 is 21.5. The molecule has 0 bridgehead atoms. The van der Waals surface area contributed by atoms with Crippen LogP contribution in [-0.4, -0.2) is 10.7 Å². The molecule has 0 aliphatic heterocycles. The van der Waals surface area contributed by atoms with Gasteiger partial charge in [0.1, 0.15) is 0 Å². The maximum absolute atomic E-state index is 12.5. The van der Waals surface area contributed by atoms with E-state index in [0.717, 1.165) is 0 Å². The number of urea groups is 1. The average molecular weight is 287 g/mol. The second-order valence-electron chi connectivity index (χ2n) is 2.68. The van der Waals surface area contributed by atoms with Crippen molar-refractivity contribution < 1.29 is 13.6 Å². The molecule has 3 nitrogen and oxygen atoms in total. The minimum absolute atomic E-state index is 0.0524. The van der Waals surface area contributed by atoms with Gasteiger partial charge in [-0.05, 0) is 41.6 Å². The van der Waals surface area contributed by atoms with Crippen LogP contribution in [-0.2, 0) is 0 Å². The summed E-state index contributed by atoms with van der Waals surface area (Å²) in [6, 6.07) is 3.24. The Balaban J connectivity index is 2.87. The van der Waals surface area contributed by atoms with Crippen LogP contribution in [0.25, 0.3) is 0 Å². The normalized spacial score (nSPS) is 11.2. The largest absolute Gasteiger partial charge is 0.375 e. The van der Waals surface area contributed by atoms with Crippen molar-refractivity contribution in [3.05, 3.63) is 23.2 Å². The number of thioether (sulfide) groups is 1. The quantitative estimate of drug-likeness (QED) is 0.657. The van der Waals surface area contributed by atoms with Gasteiger partial charge in [0.05, 0.1) is 5.02 Å². The molecule has 0 fully saturated rings. The number of carbonyl (C=O) groups excluding carboxylic acids is 1. The van der Waals surface area contributed by atoms with E-state index < -0.39 is 10.7 Å². The van der Waals surface area contributed by atoms with Crippen LogP contribution in [0.1, 0.15) is 0 Å². The van der Waals surface area contributed by atoms with Crippen molar-refractivity contribution in [2.45, 2.75) is 9.61 Å². The predicted octanol–water partition coefficient (Wildman–Crippen LogP) is 3.71. The van der Waals surface area contributed by atoms with E-state index in [1.807, 2.05) is 0 Å². The molecular formula is C8H6Cl2F2N2OS. The zero-order valence-electron chi connectivity index (χ0n) is 7.64. The van der Waals surface area contributed by atoms with Gasteiger partial charge < -0.3 is 11.1 Å². The SMILES string of the molecule is NC(=O)Nc1ccc(SC(F)(F)Cl)c(Cl)c1. The Labute approximate surface area is 104 Å². The number of primary amides is 1. The summed E-state index contributed by atoms with van der Waals surface area (Å²) in [7, 11) is 0. The lowest BCUT2D eigenvalue weighted by atomic mass is 10.3. The molecule has 16 heavy (non-hydrogen) atoms. The number of anilines is 1. The van der Waals surface area contributed by atoms with Gasteiger partial charge in [-0.3, -0.25) is 0 Å². The summed E-state index contributed by atoms with van der Waals surface area (Å²) in [5, 5.41) is 2.31. The van der Waals surface area contributed by atoms with Crippen LogP contribution in [0.4, 0.5) is 19.3 Å². The smallest absolute Gasteiger partial charge is 0.351 e. The molecule has 0 unspecified atom stereocenters. The van der Waals surface area contributed by atoms with Gasteiger partial charge in [-0.1, -0.05) is 11.6 Å². The molecular weight excluding hydrogens is 281 g/mol. The molecule has 0 spiro atoms. The Bertz CT molecular complexity index is 412. The van der Waals surface area contributed by atoms with Crippen LogP contribution in [0.5, 0.6) is 0 Å². The highest BCUT2D eigenvalue weighted by Gasteiger charge is 2.27. The Morgan fingerprint density at radius 1 is 1.50 bits per heavy atom. The van der Waals surface area contributed by atoms with Crippen molar-refractivity contribution in [3.63, 3.8) is 0 Å². The lowest BCUT2D eigenvalue weighted by Crippen LogP contribution is -2.19. The van der Waals surface area contributed by atoms with Gasteiger partial charge in [-0.2, -0.15) is 8.78 Å². The fourth-order valence-electron chi connectivity index (χ4n) is 0.928. The summed E-state index contributed by atoms with van der Waals surface area (Å²) in [6.07, 6.45) is 0. The highest BCUT2D eigenvalue weighted by Crippen LogP contribution is 2.42. The van der Waals surface area contributed by atoms with Crippen LogP contribution in [0.3, 0.4) is 0 Å². The third kappa shape index (κ3) is 4.42. The van der Waals surface area contributed by atoms with Crippen molar-refractivity contribution >= 4 is 46.7 Å². The zero-order valence-corrected chi connectivity index (χ0v) is 9.97. The fourth-order valence-corrected chi connectivity index (χ4v) is 2.02. The van der Waals surface area contributed by atoms with Gasteiger partial charge in [-0.25, -0.2) is 4.79 Å². The maximum atomic E-state index is 12.5. The molecule has 8 heteroatoms. The highest BCUT2D eigenvalue weighted by atomic mass is 35.5. The summed E-state index contributed by atoms with van der Waals surface area (Å²) in [5.41, 5.74) is 5.19. The van der Waals surface area contributed by atoms with E-state index in [4.69, 9.17) is 28.9 Å². The van der Waals surface area contributed by atoms with Crippen LogP contribution >= 0.6 is 35.0 Å².